The summed E-state index contributed by atoms with van der Waals surface area (Å²) in [5, 5.41) is 9.87. The number of aromatic nitrogens is 3. The van der Waals surface area contributed by atoms with E-state index in [2.05, 4.69) is 20.5 Å². The number of amides is 1. The number of nitrogens with one attached hydrogen (secondary N) is 2. The molecule has 0 unspecified atom stereocenters. The summed E-state index contributed by atoms with van der Waals surface area (Å²) in [6, 6.07) is 7.51. The first-order valence-electron chi connectivity index (χ1n) is 6.04. The molecule has 0 aliphatic carbocycles. The first-order chi connectivity index (χ1) is 9.72. The Hall–Kier alpha value is -2.76. The van der Waals surface area contributed by atoms with Crippen molar-refractivity contribution in [1.82, 2.24) is 20.5 Å². The molecule has 0 atom stereocenters. The van der Waals surface area contributed by atoms with Crippen LogP contribution in [0.5, 0.6) is 0 Å². The Bertz CT molecular complexity index is 755. The number of rotatable bonds is 3. The molecule has 0 saturated heterocycles. The second kappa shape index (κ2) is 5.08. The van der Waals surface area contributed by atoms with Gasteiger partial charge in [-0.2, -0.15) is 5.10 Å². The minimum atomic E-state index is -0.323. The van der Waals surface area contributed by atoms with E-state index in [1.54, 1.807) is 30.6 Å². The van der Waals surface area contributed by atoms with Crippen molar-refractivity contribution in [2.24, 2.45) is 0 Å². The zero-order valence-electron chi connectivity index (χ0n) is 10.4. The Morgan fingerprint density at radius 1 is 1.30 bits per heavy atom. The third-order valence-electron chi connectivity index (χ3n) is 2.89. The van der Waals surface area contributed by atoms with Gasteiger partial charge >= 0.3 is 0 Å². The topological polar surface area (TPSA) is 70.7 Å². The van der Waals surface area contributed by atoms with Crippen molar-refractivity contribution in [3.05, 3.63) is 59.8 Å². The normalized spacial score (nSPS) is 10.7. The summed E-state index contributed by atoms with van der Waals surface area (Å²) in [7, 11) is 0. The highest BCUT2D eigenvalue weighted by atomic mass is 19.1. The van der Waals surface area contributed by atoms with Crippen molar-refractivity contribution in [1.29, 1.82) is 0 Å². The number of hydrogen-bond donors (Lipinski definition) is 2. The maximum atomic E-state index is 13.1. The van der Waals surface area contributed by atoms with Crippen molar-refractivity contribution in [2.45, 2.75) is 6.54 Å². The highest BCUT2D eigenvalue weighted by molar-refractivity contribution is 5.94. The standard InChI is InChI=1S/C14H11FN4O/c15-11-2-4-12-10(5-11)1-3-13(19-12)14(20)16-6-9-7-17-18-8-9/h1-5,7-8H,6H2,(H,16,20)(H,17,18). The third-order valence-corrected chi connectivity index (χ3v) is 2.89. The molecule has 5 nitrogen and oxygen atoms in total. The molecule has 6 heteroatoms. The number of fused-ring (bicyclic) bond motifs is 1. The van der Waals surface area contributed by atoms with Gasteiger partial charge in [-0.25, -0.2) is 9.37 Å². The molecule has 0 fully saturated rings. The molecule has 0 saturated carbocycles. The predicted molar refractivity (Wildman–Crippen MR) is 71.5 cm³/mol. The highest BCUT2D eigenvalue weighted by Crippen LogP contribution is 2.14. The summed E-state index contributed by atoms with van der Waals surface area (Å²) in [6.45, 7) is 0.373. The van der Waals surface area contributed by atoms with Gasteiger partial charge in [0, 0.05) is 23.7 Å². The predicted octanol–water partition coefficient (Wildman–Crippen LogP) is 2.03. The van der Waals surface area contributed by atoms with Crippen LogP contribution in [0.15, 0.2) is 42.7 Å². The fraction of sp³-hybridized carbons (Fsp3) is 0.0714. The SMILES string of the molecule is O=C(NCc1cn[nH]c1)c1ccc2cc(F)ccc2n1. The number of carbonyl (C=O) groups excluding carboxylic acids is 1. The Balaban J connectivity index is 1.79. The molecular formula is C14H11FN4O. The van der Waals surface area contributed by atoms with Gasteiger partial charge in [-0.1, -0.05) is 6.07 Å². The van der Waals surface area contributed by atoms with Crippen LogP contribution >= 0.6 is 0 Å². The van der Waals surface area contributed by atoms with Gasteiger partial charge in [0.2, 0.25) is 0 Å². The summed E-state index contributed by atoms with van der Waals surface area (Å²) < 4.78 is 13.1. The number of benzene rings is 1. The summed E-state index contributed by atoms with van der Waals surface area (Å²) in [4.78, 5) is 16.2. The van der Waals surface area contributed by atoms with Gasteiger partial charge in [-0.05, 0) is 24.3 Å². The molecule has 3 aromatic rings. The Kier molecular flexibility index (Phi) is 3.12. The molecular weight excluding hydrogens is 259 g/mol. The molecule has 1 amide bonds. The molecule has 0 spiro atoms. The zero-order valence-corrected chi connectivity index (χ0v) is 10.4. The summed E-state index contributed by atoms with van der Waals surface area (Å²) in [5.74, 6) is -0.603. The van der Waals surface area contributed by atoms with Gasteiger partial charge in [-0.15, -0.1) is 0 Å². The number of aromatic amines is 1. The van der Waals surface area contributed by atoms with Crippen LogP contribution in [-0.2, 0) is 6.54 Å². The average molecular weight is 270 g/mol. The van der Waals surface area contributed by atoms with Gasteiger partial charge in [0.25, 0.3) is 5.91 Å². The van der Waals surface area contributed by atoms with Crippen LogP contribution in [-0.4, -0.2) is 21.1 Å². The van der Waals surface area contributed by atoms with Gasteiger partial charge in [0.1, 0.15) is 11.5 Å². The lowest BCUT2D eigenvalue weighted by Crippen LogP contribution is -2.23. The van der Waals surface area contributed by atoms with Crippen LogP contribution in [0.1, 0.15) is 16.1 Å². The van der Waals surface area contributed by atoms with E-state index >= 15 is 0 Å². The molecule has 2 aromatic heterocycles. The third kappa shape index (κ3) is 2.49. The van der Waals surface area contributed by atoms with Crippen molar-refractivity contribution < 1.29 is 9.18 Å². The lowest BCUT2D eigenvalue weighted by molar-refractivity contribution is 0.0946. The number of hydrogen-bond acceptors (Lipinski definition) is 3. The average Bonchev–Trinajstić information content (AvgIpc) is 2.97. The van der Waals surface area contributed by atoms with E-state index in [0.717, 1.165) is 5.56 Å². The van der Waals surface area contributed by atoms with Gasteiger partial charge in [0.15, 0.2) is 0 Å². The van der Waals surface area contributed by atoms with Crippen LogP contribution in [0, 0.1) is 5.82 Å². The molecule has 2 heterocycles. The fourth-order valence-corrected chi connectivity index (χ4v) is 1.87. The van der Waals surface area contributed by atoms with E-state index in [9.17, 15) is 9.18 Å². The van der Waals surface area contributed by atoms with E-state index in [1.165, 1.54) is 12.1 Å². The number of halogens is 1. The lowest BCUT2D eigenvalue weighted by Gasteiger charge is -2.04. The molecule has 20 heavy (non-hydrogen) atoms. The number of pyridine rings is 1. The highest BCUT2D eigenvalue weighted by Gasteiger charge is 2.08. The Morgan fingerprint density at radius 2 is 2.20 bits per heavy atom. The second-order valence-electron chi connectivity index (χ2n) is 4.32. The minimum absolute atomic E-state index is 0.280. The van der Waals surface area contributed by atoms with Crippen LogP contribution in [0.3, 0.4) is 0 Å². The van der Waals surface area contributed by atoms with Crippen molar-refractivity contribution in [3.8, 4) is 0 Å². The largest absolute Gasteiger partial charge is 0.347 e. The first kappa shape index (κ1) is 12.3. The quantitative estimate of drug-likeness (QED) is 0.765. The number of carbonyl (C=O) groups is 1. The smallest absolute Gasteiger partial charge is 0.270 e. The Morgan fingerprint density at radius 3 is 3.00 bits per heavy atom. The molecule has 2 N–H and O–H groups in total. The van der Waals surface area contributed by atoms with E-state index in [0.29, 0.717) is 23.1 Å². The fourth-order valence-electron chi connectivity index (χ4n) is 1.87. The Labute approximate surface area is 113 Å². The second-order valence-corrected chi connectivity index (χ2v) is 4.32. The van der Waals surface area contributed by atoms with Crippen LogP contribution in [0.4, 0.5) is 4.39 Å². The van der Waals surface area contributed by atoms with E-state index in [4.69, 9.17) is 0 Å². The van der Waals surface area contributed by atoms with Crippen molar-refractivity contribution >= 4 is 16.8 Å². The molecule has 1 aromatic carbocycles. The molecule has 3 rings (SSSR count). The van der Waals surface area contributed by atoms with E-state index in [-0.39, 0.29) is 11.7 Å². The van der Waals surface area contributed by atoms with E-state index < -0.39 is 0 Å². The number of H-pyrrole nitrogens is 1. The van der Waals surface area contributed by atoms with Crippen LogP contribution in [0.2, 0.25) is 0 Å². The summed E-state index contributed by atoms with van der Waals surface area (Å²) in [5.41, 5.74) is 1.76. The van der Waals surface area contributed by atoms with Gasteiger partial charge in [0.05, 0.1) is 11.7 Å². The molecule has 0 bridgehead atoms. The lowest BCUT2D eigenvalue weighted by atomic mass is 10.2. The van der Waals surface area contributed by atoms with Crippen LogP contribution < -0.4 is 5.32 Å². The molecule has 0 aliphatic rings. The summed E-state index contributed by atoms with van der Waals surface area (Å²) in [6.07, 6.45) is 3.34. The summed E-state index contributed by atoms with van der Waals surface area (Å²) >= 11 is 0. The van der Waals surface area contributed by atoms with E-state index in [1.807, 2.05) is 0 Å². The number of nitrogens with zero attached hydrogens (tertiary/aromatic N) is 2. The van der Waals surface area contributed by atoms with Gasteiger partial charge in [-0.3, -0.25) is 9.89 Å². The molecule has 0 aliphatic heterocycles. The van der Waals surface area contributed by atoms with Crippen molar-refractivity contribution in [3.63, 3.8) is 0 Å². The maximum absolute atomic E-state index is 13.1. The van der Waals surface area contributed by atoms with Crippen molar-refractivity contribution in [2.75, 3.05) is 0 Å². The van der Waals surface area contributed by atoms with Crippen LogP contribution in [0.25, 0.3) is 10.9 Å². The molecule has 100 valence electrons. The first-order valence-corrected chi connectivity index (χ1v) is 6.04. The van der Waals surface area contributed by atoms with Gasteiger partial charge < -0.3 is 5.32 Å². The minimum Gasteiger partial charge on any atom is -0.347 e. The maximum Gasteiger partial charge on any atom is 0.270 e. The molecule has 0 radical (unpaired) electrons. The zero-order chi connectivity index (χ0) is 13.9. The monoisotopic (exact) mass is 270 g/mol.